The van der Waals surface area contributed by atoms with Gasteiger partial charge in [0.2, 0.25) is 0 Å². The summed E-state index contributed by atoms with van der Waals surface area (Å²) in [6.45, 7) is 9.61. The monoisotopic (exact) mass is 536 g/mol. The Morgan fingerprint density at radius 1 is 1.03 bits per heavy atom. The molecule has 0 bridgehead atoms. The van der Waals surface area contributed by atoms with Crippen LogP contribution in [0, 0.1) is 0 Å². The summed E-state index contributed by atoms with van der Waals surface area (Å²) in [6, 6.07) is 21.4. The molecule has 2 fully saturated rings. The highest BCUT2D eigenvalue weighted by atomic mass is 28.4. The molecule has 0 amide bonds. The number of hydrogen-bond donors (Lipinski definition) is 0. The van der Waals surface area contributed by atoms with Gasteiger partial charge in [0.1, 0.15) is 6.10 Å². The zero-order chi connectivity index (χ0) is 27.1. The van der Waals surface area contributed by atoms with Crippen LogP contribution in [0.4, 0.5) is 0 Å². The predicted molar refractivity (Wildman–Crippen MR) is 154 cm³/mol. The number of carbonyl (C=O) groups excluding carboxylic acids is 1. The molecule has 1 aliphatic heterocycles. The van der Waals surface area contributed by atoms with Crippen molar-refractivity contribution in [3.05, 3.63) is 72.8 Å². The zero-order valence-electron chi connectivity index (χ0n) is 23.5. The Labute approximate surface area is 229 Å². The highest BCUT2D eigenvalue weighted by Gasteiger charge is 2.54. The lowest BCUT2D eigenvalue weighted by atomic mass is 9.94. The fourth-order valence-corrected chi connectivity index (χ4v) is 10.7. The first-order chi connectivity index (χ1) is 18.3. The van der Waals surface area contributed by atoms with E-state index >= 15 is 0 Å². The molecular formula is C32H44O5Si. The SMILES string of the molecule is CCOC(=O)/C=C/CC[C@H](O[Si](c1ccccc1)(c1ccccc1)C(C)(C)C)[C@H]1COC2(CCCCC2)O1. The van der Waals surface area contributed by atoms with E-state index in [1.54, 1.807) is 0 Å². The van der Waals surface area contributed by atoms with Gasteiger partial charge in [0.25, 0.3) is 8.32 Å². The van der Waals surface area contributed by atoms with Gasteiger partial charge in [-0.25, -0.2) is 4.79 Å². The lowest BCUT2D eigenvalue weighted by Crippen LogP contribution is -2.68. The van der Waals surface area contributed by atoms with Gasteiger partial charge < -0.3 is 18.6 Å². The molecule has 0 radical (unpaired) electrons. The van der Waals surface area contributed by atoms with E-state index < -0.39 is 14.1 Å². The third kappa shape index (κ3) is 6.48. The molecule has 2 aromatic carbocycles. The van der Waals surface area contributed by atoms with Crippen LogP contribution in [0.5, 0.6) is 0 Å². The first kappa shape index (κ1) is 28.7. The quantitative estimate of drug-likeness (QED) is 0.215. The lowest BCUT2D eigenvalue weighted by molar-refractivity contribution is -0.194. The Morgan fingerprint density at radius 3 is 2.18 bits per heavy atom. The number of esters is 1. The van der Waals surface area contributed by atoms with Crippen LogP contribution in [0.25, 0.3) is 0 Å². The van der Waals surface area contributed by atoms with E-state index in [1.807, 2.05) is 13.0 Å². The molecule has 2 atom stereocenters. The van der Waals surface area contributed by atoms with Crippen LogP contribution >= 0.6 is 0 Å². The van der Waals surface area contributed by atoms with Gasteiger partial charge in [-0.2, -0.15) is 0 Å². The number of ether oxygens (including phenoxy) is 3. The van der Waals surface area contributed by atoms with Gasteiger partial charge in [0.15, 0.2) is 5.79 Å². The van der Waals surface area contributed by atoms with Crippen LogP contribution in [0.1, 0.15) is 72.6 Å². The van der Waals surface area contributed by atoms with Crippen molar-refractivity contribution in [2.45, 2.75) is 95.7 Å². The third-order valence-electron chi connectivity index (χ3n) is 7.81. The Kier molecular flexibility index (Phi) is 9.63. The second-order valence-corrected chi connectivity index (χ2v) is 15.7. The number of benzene rings is 2. The Hall–Kier alpha value is -2.25. The topological polar surface area (TPSA) is 54.0 Å². The van der Waals surface area contributed by atoms with E-state index in [0.29, 0.717) is 19.6 Å². The maximum absolute atomic E-state index is 11.9. The standard InChI is InChI=1S/C32H44O5Si/c1-5-34-30(33)22-14-13-21-28(29-25-35-32(36-29)23-15-8-16-24-32)37-38(31(2,3)4,26-17-9-6-10-18-26)27-19-11-7-12-20-27/h6-7,9-12,14,17-20,22,28-29H,5,8,13,15-16,21,23-25H2,1-4H3/b22-14+/t28-,29+/m0/s1. The van der Waals surface area contributed by atoms with E-state index in [-0.39, 0.29) is 23.2 Å². The van der Waals surface area contributed by atoms with Crippen LogP contribution < -0.4 is 10.4 Å². The zero-order valence-corrected chi connectivity index (χ0v) is 24.5. The number of hydrogen-bond acceptors (Lipinski definition) is 5. The van der Waals surface area contributed by atoms with Crippen LogP contribution in [0.15, 0.2) is 72.8 Å². The van der Waals surface area contributed by atoms with Crippen molar-refractivity contribution in [3.8, 4) is 0 Å². The first-order valence-corrected chi connectivity index (χ1v) is 16.1. The summed E-state index contributed by atoms with van der Waals surface area (Å²) in [5.41, 5.74) is 0. The second-order valence-electron chi connectivity index (χ2n) is 11.5. The lowest BCUT2D eigenvalue weighted by Gasteiger charge is -2.46. The van der Waals surface area contributed by atoms with Crippen molar-refractivity contribution in [1.82, 2.24) is 0 Å². The molecule has 206 valence electrons. The normalized spacial score (nSPS) is 20.6. The average molecular weight is 537 g/mol. The van der Waals surface area contributed by atoms with Gasteiger partial charge in [-0.15, -0.1) is 0 Å². The Bertz CT molecular complexity index is 1000. The molecule has 4 rings (SSSR count). The summed E-state index contributed by atoms with van der Waals surface area (Å²) < 4.78 is 25.7. The summed E-state index contributed by atoms with van der Waals surface area (Å²) in [6.07, 6.45) is 9.88. The Balaban J connectivity index is 1.70. The molecule has 1 aliphatic carbocycles. The number of carbonyl (C=O) groups is 1. The van der Waals surface area contributed by atoms with E-state index in [4.69, 9.17) is 18.6 Å². The number of rotatable bonds is 10. The van der Waals surface area contributed by atoms with Crippen LogP contribution in [0.2, 0.25) is 5.04 Å². The molecular weight excluding hydrogens is 492 g/mol. The molecule has 1 heterocycles. The molecule has 6 heteroatoms. The molecule has 2 aromatic rings. The maximum Gasteiger partial charge on any atom is 0.330 e. The fourth-order valence-electron chi connectivity index (χ4n) is 5.98. The van der Waals surface area contributed by atoms with Gasteiger partial charge in [-0.3, -0.25) is 0 Å². The molecule has 38 heavy (non-hydrogen) atoms. The van der Waals surface area contributed by atoms with Gasteiger partial charge >= 0.3 is 5.97 Å². The molecule has 0 aromatic heterocycles. The van der Waals surface area contributed by atoms with Crippen LogP contribution in [-0.4, -0.2) is 45.5 Å². The average Bonchev–Trinajstić information content (AvgIpc) is 3.32. The van der Waals surface area contributed by atoms with E-state index in [1.165, 1.54) is 22.9 Å². The summed E-state index contributed by atoms with van der Waals surface area (Å²) in [5, 5.41) is 2.35. The minimum absolute atomic E-state index is 0.142. The summed E-state index contributed by atoms with van der Waals surface area (Å²) in [5.74, 6) is -0.782. The Morgan fingerprint density at radius 2 is 1.63 bits per heavy atom. The molecule has 5 nitrogen and oxygen atoms in total. The van der Waals surface area contributed by atoms with Gasteiger partial charge in [-0.1, -0.05) is 93.9 Å². The summed E-state index contributed by atoms with van der Waals surface area (Å²) >= 11 is 0. The molecule has 0 N–H and O–H groups in total. The number of allylic oxidation sites excluding steroid dienone is 1. The van der Waals surface area contributed by atoms with Crippen LogP contribution in [-0.2, 0) is 23.4 Å². The smallest absolute Gasteiger partial charge is 0.330 e. The van der Waals surface area contributed by atoms with Crippen molar-refractivity contribution >= 4 is 24.7 Å². The van der Waals surface area contributed by atoms with Crippen molar-refractivity contribution < 1.29 is 23.4 Å². The third-order valence-corrected chi connectivity index (χ3v) is 12.9. The maximum atomic E-state index is 11.9. The van der Waals surface area contributed by atoms with Gasteiger partial charge in [0, 0.05) is 18.9 Å². The minimum atomic E-state index is -2.79. The van der Waals surface area contributed by atoms with Crippen LogP contribution in [0.3, 0.4) is 0 Å². The molecule has 1 saturated heterocycles. The molecule has 2 aliphatic rings. The highest BCUT2D eigenvalue weighted by Crippen LogP contribution is 2.42. The van der Waals surface area contributed by atoms with E-state index in [2.05, 4.69) is 81.4 Å². The summed E-state index contributed by atoms with van der Waals surface area (Å²) in [4.78, 5) is 11.9. The largest absolute Gasteiger partial charge is 0.463 e. The van der Waals surface area contributed by atoms with Crippen molar-refractivity contribution in [2.24, 2.45) is 0 Å². The molecule has 1 spiro atoms. The van der Waals surface area contributed by atoms with Crippen molar-refractivity contribution in [3.63, 3.8) is 0 Å². The summed E-state index contributed by atoms with van der Waals surface area (Å²) in [7, 11) is -2.79. The van der Waals surface area contributed by atoms with Crippen molar-refractivity contribution in [1.29, 1.82) is 0 Å². The predicted octanol–water partition coefficient (Wildman–Crippen LogP) is 5.91. The van der Waals surface area contributed by atoms with E-state index in [0.717, 1.165) is 32.1 Å². The van der Waals surface area contributed by atoms with Crippen molar-refractivity contribution in [2.75, 3.05) is 13.2 Å². The van der Waals surface area contributed by atoms with E-state index in [9.17, 15) is 4.79 Å². The minimum Gasteiger partial charge on any atom is -0.463 e. The fraction of sp³-hybridized carbons (Fsp3) is 0.531. The molecule has 1 saturated carbocycles. The molecule has 0 unspecified atom stereocenters. The van der Waals surface area contributed by atoms with Gasteiger partial charge in [0.05, 0.1) is 19.3 Å². The van der Waals surface area contributed by atoms with Gasteiger partial charge in [-0.05, 0) is 48.0 Å². The first-order valence-electron chi connectivity index (χ1n) is 14.2. The second kappa shape index (κ2) is 12.7. The highest BCUT2D eigenvalue weighted by molar-refractivity contribution is 6.99.